The van der Waals surface area contributed by atoms with Crippen molar-refractivity contribution in [1.82, 2.24) is 10.2 Å². The predicted octanol–water partition coefficient (Wildman–Crippen LogP) is 2.47. The fourth-order valence-corrected chi connectivity index (χ4v) is 2.52. The maximum Gasteiger partial charge on any atom is 0.0107 e. The van der Waals surface area contributed by atoms with E-state index >= 15 is 0 Å². The molecule has 2 nitrogen and oxygen atoms in total. The van der Waals surface area contributed by atoms with Crippen molar-refractivity contribution in [2.24, 2.45) is 0 Å². The van der Waals surface area contributed by atoms with Crippen LogP contribution >= 0.6 is 0 Å². The quantitative estimate of drug-likeness (QED) is 0.861. The zero-order valence-electron chi connectivity index (χ0n) is 11.0. The molecule has 1 saturated heterocycles. The minimum atomic E-state index is 0.629. The van der Waals surface area contributed by atoms with E-state index in [0.29, 0.717) is 12.0 Å². The summed E-state index contributed by atoms with van der Waals surface area (Å²) >= 11 is 0. The van der Waals surface area contributed by atoms with Crippen LogP contribution in [0, 0.1) is 0 Å². The van der Waals surface area contributed by atoms with Crippen molar-refractivity contribution in [1.29, 1.82) is 0 Å². The van der Waals surface area contributed by atoms with Crippen molar-refractivity contribution >= 4 is 0 Å². The molecule has 2 unspecified atom stereocenters. The summed E-state index contributed by atoms with van der Waals surface area (Å²) in [6.45, 7) is 9.33. The molecule has 1 aliphatic heterocycles. The summed E-state index contributed by atoms with van der Waals surface area (Å²) in [4.78, 5) is 2.59. The molecular weight excluding hydrogens is 208 g/mol. The molecule has 2 atom stereocenters. The maximum atomic E-state index is 3.55. The Kier molecular flexibility index (Phi) is 4.57. The number of hydrogen-bond donors (Lipinski definition) is 1. The van der Waals surface area contributed by atoms with Crippen molar-refractivity contribution in [3.63, 3.8) is 0 Å². The summed E-state index contributed by atoms with van der Waals surface area (Å²) in [6, 6.07) is 11.5. The van der Waals surface area contributed by atoms with E-state index in [1.54, 1.807) is 0 Å². The van der Waals surface area contributed by atoms with Gasteiger partial charge < -0.3 is 10.2 Å². The number of hydrogen-bond acceptors (Lipinski definition) is 2. The van der Waals surface area contributed by atoms with Crippen LogP contribution in [-0.4, -0.2) is 37.1 Å². The second-order valence-corrected chi connectivity index (χ2v) is 5.26. The Morgan fingerprint density at radius 3 is 2.82 bits per heavy atom. The molecule has 17 heavy (non-hydrogen) atoms. The van der Waals surface area contributed by atoms with Crippen LogP contribution in [0.1, 0.15) is 31.7 Å². The molecular formula is C15H24N2. The molecule has 1 heterocycles. The van der Waals surface area contributed by atoms with Crippen LogP contribution in [-0.2, 0) is 0 Å². The van der Waals surface area contributed by atoms with Gasteiger partial charge in [-0.15, -0.1) is 0 Å². The van der Waals surface area contributed by atoms with E-state index in [1.165, 1.54) is 31.6 Å². The summed E-state index contributed by atoms with van der Waals surface area (Å²) in [5, 5.41) is 3.55. The van der Waals surface area contributed by atoms with Gasteiger partial charge in [0, 0.05) is 25.7 Å². The largest absolute Gasteiger partial charge is 0.313 e. The first kappa shape index (κ1) is 12.6. The number of rotatable bonds is 3. The van der Waals surface area contributed by atoms with Gasteiger partial charge in [0.05, 0.1) is 0 Å². The molecule has 1 aliphatic rings. The molecule has 1 aromatic rings. The van der Waals surface area contributed by atoms with Crippen molar-refractivity contribution in [2.75, 3.05) is 26.2 Å². The third-order valence-electron chi connectivity index (χ3n) is 3.70. The summed E-state index contributed by atoms with van der Waals surface area (Å²) in [6.07, 6.45) is 1.27. The Morgan fingerprint density at radius 2 is 2.06 bits per heavy atom. The SMILES string of the molecule is CC1CCN(CC(C)c2ccccc2)CCN1. The molecule has 2 rings (SSSR count). The maximum absolute atomic E-state index is 3.55. The molecule has 0 saturated carbocycles. The first-order chi connectivity index (χ1) is 8.25. The number of benzene rings is 1. The Bertz CT molecular complexity index is 323. The highest BCUT2D eigenvalue weighted by molar-refractivity contribution is 5.19. The number of nitrogens with one attached hydrogen (secondary N) is 1. The van der Waals surface area contributed by atoms with Gasteiger partial charge in [0.25, 0.3) is 0 Å². The van der Waals surface area contributed by atoms with Crippen LogP contribution in [0.4, 0.5) is 0 Å². The van der Waals surface area contributed by atoms with Crippen LogP contribution in [0.15, 0.2) is 30.3 Å². The molecule has 0 spiro atoms. The zero-order chi connectivity index (χ0) is 12.1. The Hall–Kier alpha value is -0.860. The highest BCUT2D eigenvalue weighted by Gasteiger charge is 2.15. The summed E-state index contributed by atoms with van der Waals surface area (Å²) < 4.78 is 0. The highest BCUT2D eigenvalue weighted by Crippen LogP contribution is 2.16. The van der Waals surface area contributed by atoms with Gasteiger partial charge in [-0.3, -0.25) is 0 Å². The molecule has 0 amide bonds. The third kappa shape index (κ3) is 3.83. The lowest BCUT2D eigenvalue weighted by molar-refractivity contribution is 0.276. The fourth-order valence-electron chi connectivity index (χ4n) is 2.52. The van der Waals surface area contributed by atoms with E-state index in [9.17, 15) is 0 Å². The minimum Gasteiger partial charge on any atom is -0.313 e. The van der Waals surface area contributed by atoms with E-state index in [-0.39, 0.29) is 0 Å². The summed E-state index contributed by atoms with van der Waals surface area (Å²) in [5.74, 6) is 0.629. The predicted molar refractivity (Wildman–Crippen MR) is 73.4 cm³/mol. The monoisotopic (exact) mass is 232 g/mol. The Morgan fingerprint density at radius 1 is 1.29 bits per heavy atom. The molecule has 1 fully saturated rings. The standard InChI is InChI=1S/C15H24N2/c1-13(15-6-4-3-5-7-15)12-17-10-8-14(2)16-9-11-17/h3-7,13-14,16H,8-12H2,1-2H3. The van der Waals surface area contributed by atoms with E-state index in [0.717, 1.165) is 6.54 Å². The third-order valence-corrected chi connectivity index (χ3v) is 3.70. The first-order valence-electron chi connectivity index (χ1n) is 6.76. The number of nitrogens with zero attached hydrogens (tertiary/aromatic N) is 1. The molecule has 1 aromatic carbocycles. The molecule has 1 N–H and O–H groups in total. The van der Waals surface area contributed by atoms with E-state index in [1.807, 2.05) is 0 Å². The van der Waals surface area contributed by atoms with Crippen molar-refractivity contribution in [3.05, 3.63) is 35.9 Å². The summed E-state index contributed by atoms with van der Waals surface area (Å²) in [7, 11) is 0. The van der Waals surface area contributed by atoms with Gasteiger partial charge >= 0.3 is 0 Å². The van der Waals surface area contributed by atoms with E-state index < -0.39 is 0 Å². The van der Waals surface area contributed by atoms with Gasteiger partial charge in [0.2, 0.25) is 0 Å². The molecule has 2 heteroatoms. The lowest BCUT2D eigenvalue weighted by Gasteiger charge is -2.24. The van der Waals surface area contributed by atoms with Gasteiger partial charge in [0.1, 0.15) is 0 Å². The first-order valence-corrected chi connectivity index (χ1v) is 6.76. The average Bonchev–Trinajstić information content (AvgIpc) is 2.56. The van der Waals surface area contributed by atoms with Crippen LogP contribution in [0.25, 0.3) is 0 Å². The van der Waals surface area contributed by atoms with Crippen LogP contribution in [0.2, 0.25) is 0 Å². The van der Waals surface area contributed by atoms with Crippen molar-refractivity contribution in [2.45, 2.75) is 32.2 Å². The van der Waals surface area contributed by atoms with E-state index in [2.05, 4.69) is 54.4 Å². The van der Waals surface area contributed by atoms with Gasteiger partial charge in [-0.25, -0.2) is 0 Å². The van der Waals surface area contributed by atoms with Gasteiger partial charge in [0.15, 0.2) is 0 Å². The van der Waals surface area contributed by atoms with Crippen LogP contribution < -0.4 is 5.32 Å². The fraction of sp³-hybridized carbons (Fsp3) is 0.600. The molecule has 0 aliphatic carbocycles. The zero-order valence-corrected chi connectivity index (χ0v) is 11.0. The highest BCUT2D eigenvalue weighted by atomic mass is 15.2. The van der Waals surface area contributed by atoms with Crippen LogP contribution in [0.3, 0.4) is 0 Å². The minimum absolute atomic E-state index is 0.629. The Balaban J connectivity index is 1.88. The van der Waals surface area contributed by atoms with E-state index in [4.69, 9.17) is 0 Å². The lowest BCUT2D eigenvalue weighted by Crippen LogP contribution is -2.31. The molecule has 0 aromatic heterocycles. The molecule has 0 bridgehead atoms. The molecule has 94 valence electrons. The van der Waals surface area contributed by atoms with Gasteiger partial charge in [-0.1, -0.05) is 37.3 Å². The smallest absolute Gasteiger partial charge is 0.0107 e. The summed E-state index contributed by atoms with van der Waals surface area (Å²) in [5.41, 5.74) is 1.46. The van der Waals surface area contributed by atoms with Crippen LogP contribution in [0.5, 0.6) is 0 Å². The second kappa shape index (κ2) is 6.18. The average molecular weight is 232 g/mol. The second-order valence-electron chi connectivity index (χ2n) is 5.26. The Labute approximate surface area is 105 Å². The molecule has 0 radical (unpaired) electrons. The van der Waals surface area contributed by atoms with Crippen molar-refractivity contribution < 1.29 is 0 Å². The van der Waals surface area contributed by atoms with Crippen molar-refractivity contribution in [3.8, 4) is 0 Å². The normalized spacial score (nSPS) is 24.2. The van der Waals surface area contributed by atoms with Gasteiger partial charge in [-0.2, -0.15) is 0 Å². The van der Waals surface area contributed by atoms with Gasteiger partial charge in [-0.05, 0) is 31.4 Å². The topological polar surface area (TPSA) is 15.3 Å². The lowest BCUT2D eigenvalue weighted by atomic mass is 10.0.